The van der Waals surface area contributed by atoms with Crippen LogP contribution in [0, 0.1) is 0 Å². The van der Waals surface area contributed by atoms with E-state index in [2.05, 4.69) is 19.2 Å². The molecule has 4 nitrogen and oxygen atoms in total. The molecule has 0 fully saturated rings. The number of aliphatic hydroxyl groups is 2. The average Bonchev–Trinajstić information content (AvgIpc) is 2.86. The molecule has 4 heteroatoms. The minimum absolute atomic E-state index is 0.0894. The van der Waals surface area contributed by atoms with Crippen molar-refractivity contribution in [2.45, 2.75) is 174 Å². The Balaban J connectivity index is 3.46. The first-order chi connectivity index (χ1) is 17.2. The number of nitrogens with one attached hydrogen (secondary N) is 1. The summed E-state index contributed by atoms with van der Waals surface area (Å²) >= 11 is 0. The van der Waals surface area contributed by atoms with Crippen molar-refractivity contribution < 1.29 is 15.0 Å². The minimum atomic E-state index is -0.828. The maximum Gasteiger partial charge on any atom is 0.220 e. The van der Waals surface area contributed by atoms with Gasteiger partial charge in [-0.25, -0.2) is 0 Å². The van der Waals surface area contributed by atoms with Gasteiger partial charge in [0, 0.05) is 6.42 Å². The fourth-order valence-electron chi connectivity index (χ4n) is 4.59. The molecule has 0 aliphatic rings. The van der Waals surface area contributed by atoms with E-state index in [0.717, 1.165) is 32.1 Å². The van der Waals surface area contributed by atoms with Crippen molar-refractivity contribution in [2.24, 2.45) is 0 Å². The molecule has 0 saturated heterocycles. The zero-order valence-corrected chi connectivity index (χ0v) is 23.6. The smallest absolute Gasteiger partial charge is 0.220 e. The Morgan fingerprint density at radius 1 is 0.657 bits per heavy atom. The van der Waals surface area contributed by atoms with Crippen LogP contribution in [0.25, 0.3) is 0 Å². The molecule has 0 aliphatic carbocycles. The van der Waals surface area contributed by atoms with Gasteiger partial charge in [0.25, 0.3) is 0 Å². The summed E-state index contributed by atoms with van der Waals surface area (Å²) in [7, 11) is 0. The van der Waals surface area contributed by atoms with Crippen LogP contribution in [0.1, 0.15) is 162 Å². The van der Waals surface area contributed by atoms with Gasteiger partial charge in [-0.2, -0.15) is 0 Å². The summed E-state index contributed by atoms with van der Waals surface area (Å²) in [5, 5.41) is 22.4. The van der Waals surface area contributed by atoms with Crippen molar-refractivity contribution >= 4 is 5.91 Å². The summed E-state index contributed by atoms with van der Waals surface area (Å²) in [6.07, 6.45) is 32.1. The van der Waals surface area contributed by atoms with Crippen molar-refractivity contribution in [1.82, 2.24) is 5.32 Å². The molecule has 0 saturated carbocycles. The summed E-state index contributed by atoms with van der Waals surface area (Å²) in [6.45, 7) is 4.14. The Morgan fingerprint density at radius 2 is 1.06 bits per heavy atom. The SMILES string of the molecule is CCCCCCCCCCCCCCCCCCCC/C=C/C(O)C(CO)NC(=O)CCCCC. The Bertz CT molecular complexity index is 466. The third-order valence-electron chi connectivity index (χ3n) is 7.02. The summed E-state index contributed by atoms with van der Waals surface area (Å²) < 4.78 is 0. The highest BCUT2D eigenvalue weighted by Crippen LogP contribution is 2.14. The second-order valence-electron chi connectivity index (χ2n) is 10.5. The topological polar surface area (TPSA) is 69.6 Å². The van der Waals surface area contributed by atoms with Gasteiger partial charge < -0.3 is 15.5 Å². The van der Waals surface area contributed by atoms with E-state index in [1.165, 1.54) is 109 Å². The van der Waals surface area contributed by atoms with Crippen LogP contribution in [-0.2, 0) is 4.79 Å². The molecule has 208 valence electrons. The molecule has 0 rings (SSSR count). The second kappa shape index (κ2) is 27.7. The molecular formula is C31H61NO3. The van der Waals surface area contributed by atoms with Gasteiger partial charge in [0.2, 0.25) is 5.91 Å². The Morgan fingerprint density at radius 3 is 1.49 bits per heavy atom. The van der Waals surface area contributed by atoms with Crippen LogP contribution in [0.5, 0.6) is 0 Å². The molecular weight excluding hydrogens is 434 g/mol. The number of carbonyl (C=O) groups is 1. The molecule has 2 unspecified atom stereocenters. The highest BCUT2D eigenvalue weighted by molar-refractivity contribution is 5.76. The van der Waals surface area contributed by atoms with Crippen molar-refractivity contribution in [3.05, 3.63) is 12.2 Å². The minimum Gasteiger partial charge on any atom is -0.394 e. The molecule has 35 heavy (non-hydrogen) atoms. The maximum absolute atomic E-state index is 11.9. The molecule has 0 aromatic heterocycles. The number of aliphatic hydroxyl groups excluding tert-OH is 2. The Labute approximate surface area is 218 Å². The molecule has 2 atom stereocenters. The van der Waals surface area contributed by atoms with Crippen LogP contribution in [0.15, 0.2) is 12.2 Å². The molecule has 0 spiro atoms. The summed E-state index contributed by atoms with van der Waals surface area (Å²) in [4.78, 5) is 11.9. The highest BCUT2D eigenvalue weighted by Gasteiger charge is 2.17. The lowest BCUT2D eigenvalue weighted by Gasteiger charge is -2.19. The van der Waals surface area contributed by atoms with E-state index in [0.29, 0.717) is 6.42 Å². The van der Waals surface area contributed by atoms with E-state index in [1.54, 1.807) is 6.08 Å². The number of unbranched alkanes of at least 4 members (excludes halogenated alkanes) is 20. The van der Waals surface area contributed by atoms with Crippen LogP contribution in [0.4, 0.5) is 0 Å². The fraction of sp³-hybridized carbons (Fsp3) is 0.903. The summed E-state index contributed by atoms with van der Waals surface area (Å²) in [5.74, 6) is -0.0894. The molecule has 1 amide bonds. The lowest BCUT2D eigenvalue weighted by Crippen LogP contribution is -2.45. The van der Waals surface area contributed by atoms with Gasteiger partial charge in [-0.15, -0.1) is 0 Å². The van der Waals surface area contributed by atoms with Gasteiger partial charge in [0.1, 0.15) is 0 Å². The fourth-order valence-corrected chi connectivity index (χ4v) is 4.59. The highest BCUT2D eigenvalue weighted by atomic mass is 16.3. The van der Waals surface area contributed by atoms with Gasteiger partial charge in [-0.1, -0.05) is 148 Å². The Hall–Kier alpha value is -0.870. The van der Waals surface area contributed by atoms with Crippen LogP contribution in [0.3, 0.4) is 0 Å². The molecule has 0 radical (unpaired) electrons. The van der Waals surface area contributed by atoms with Gasteiger partial charge in [0.15, 0.2) is 0 Å². The van der Waals surface area contributed by atoms with Crippen LogP contribution in [-0.4, -0.2) is 34.9 Å². The van der Waals surface area contributed by atoms with Crippen molar-refractivity contribution in [2.75, 3.05) is 6.61 Å². The molecule has 0 heterocycles. The van der Waals surface area contributed by atoms with Crippen LogP contribution < -0.4 is 5.32 Å². The largest absolute Gasteiger partial charge is 0.394 e. The Kier molecular flexibility index (Phi) is 27.0. The van der Waals surface area contributed by atoms with Gasteiger partial charge in [-0.05, 0) is 19.3 Å². The number of allylic oxidation sites excluding steroid dienone is 1. The number of hydrogen-bond donors (Lipinski definition) is 3. The predicted octanol–water partition coefficient (Wildman–Crippen LogP) is 8.39. The second-order valence-corrected chi connectivity index (χ2v) is 10.5. The predicted molar refractivity (Wildman–Crippen MR) is 152 cm³/mol. The number of hydrogen-bond acceptors (Lipinski definition) is 3. The van der Waals surface area contributed by atoms with Crippen molar-refractivity contribution in [1.29, 1.82) is 0 Å². The first kappa shape index (κ1) is 34.1. The van der Waals surface area contributed by atoms with E-state index < -0.39 is 12.1 Å². The van der Waals surface area contributed by atoms with Crippen LogP contribution >= 0.6 is 0 Å². The quantitative estimate of drug-likeness (QED) is 0.0791. The van der Waals surface area contributed by atoms with Gasteiger partial charge in [0.05, 0.1) is 18.8 Å². The number of amides is 1. The van der Waals surface area contributed by atoms with Crippen molar-refractivity contribution in [3.8, 4) is 0 Å². The first-order valence-corrected chi connectivity index (χ1v) is 15.4. The number of carbonyl (C=O) groups excluding carboxylic acids is 1. The molecule has 0 bridgehead atoms. The van der Waals surface area contributed by atoms with E-state index in [1.807, 2.05) is 6.08 Å². The molecule has 0 aromatic carbocycles. The first-order valence-electron chi connectivity index (χ1n) is 15.4. The van der Waals surface area contributed by atoms with E-state index >= 15 is 0 Å². The zero-order chi connectivity index (χ0) is 25.8. The zero-order valence-electron chi connectivity index (χ0n) is 23.6. The lowest BCUT2D eigenvalue weighted by atomic mass is 10.0. The normalized spacial score (nSPS) is 13.4. The van der Waals surface area contributed by atoms with Crippen LogP contribution in [0.2, 0.25) is 0 Å². The third kappa shape index (κ3) is 24.6. The maximum atomic E-state index is 11.9. The standard InChI is InChI=1S/C31H61NO3/c1-3-5-7-8-9-10-11-12-13-14-15-16-17-18-19-20-21-22-23-25-26-30(34)29(28-33)32-31(35)27-24-6-4-2/h25-26,29-30,33-34H,3-24,27-28H2,1-2H3,(H,32,35)/b26-25+. The van der Waals surface area contributed by atoms with Gasteiger partial charge >= 0.3 is 0 Å². The van der Waals surface area contributed by atoms with E-state index in [9.17, 15) is 15.0 Å². The molecule has 0 aromatic rings. The number of rotatable bonds is 27. The average molecular weight is 496 g/mol. The molecule has 0 aliphatic heterocycles. The monoisotopic (exact) mass is 495 g/mol. The third-order valence-corrected chi connectivity index (χ3v) is 7.02. The van der Waals surface area contributed by atoms with Gasteiger partial charge in [-0.3, -0.25) is 4.79 Å². The lowest BCUT2D eigenvalue weighted by molar-refractivity contribution is -0.123. The van der Waals surface area contributed by atoms with E-state index in [4.69, 9.17) is 0 Å². The summed E-state index contributed by atoms with van der Waals surface area (Å²) in [6, 6.07) is -0.610. The van der Waals surface area contributed by atoms with E-state index in [-0.39, 0.29) is 12.5 Å². The van der Waals surface area contributed by atoms with Crippen molar-refractivity contribution in [3.63, 3.8) is 0 Å². The summed E-state index contributed by atoms with van der Waals surface area (Å²) in [5.41, 5.74) is 0. The molecule has 3 N–H and O–H groups in total.